The van der Waals surface area contributed by atoms with E-state index in [1.807, 2.05) is 0 Å². The van der Waals surface area contributed by atoms with Gasteiger partial charge in [0.1, 0.15) is 11.6 Å². The van der Waals surface area contributed by atoms with E-state index in [4.69, 9.17) is 4.74 Å². The van der Waals surface area contributed by atoms with E-state index >= 15 is 0 Å². The number of hydrogen-bond donors (Lipinski definition) is 2. The number of methoxy groups -OCH3 is 1. The fraction of sp³-hybridized carbons (Fsp3) is 0.235. The van der Waals surface area contributed by atoms with E-state index in [9.17, 15) is 17.6 Å². The number of carbonyl (C=O) groups excluding carboxylic acids is 1. The van der Waals surface area contributed by atoms with Crippen LogP contribution in [-0.4, -0.2) is 27.2 Å². The molecule has 0 saturated carbocycles. The van der Waals surface area contributed by atoms with Crippen LogP contribution in [0.3, 0.4) is 0 Å². The van der Waals surface area contributed by atoms with E-state index in [-0.39, 0.29) is 0 Å². The third kappa shape index (κ3) is 5.75. The Bertz CT molecular complexity index is 838. The van der Waals surface area contributed by atoms with Crippen molar-refractivity contribution < 1.29 is 22.3 Å². The number of hydrogen-bond acceptors (Lipinski definition) is 4. The summed E-state index contributed by atoms with van der Waals surface area (Å²) < 4.78 is 44.8. The zero-order valence-electron chi connectivity index (χ0n) is 13.8. The molecule has 0 heterocycles. The summed E-state index contributed by atoms with van der Waals surface area (Å²) in [5.74, 6) is -1.56. The lowest BCUT2D eigenvalue weighted by atomic mass is 10.2. The molecule has 0 aliphatic carbocycles. The molecule has 2 aromatic carbocycles. The maximum atomic E-state index is 12.9. The maximum absolute atomic E-state index is 12.9. The molecule has 0 aliphatic rings. The Kier molecular flexibility index (Phi) is 5.97. The summed E-state index contributed by atoms with van der Waals surface area (Å²) in [5.41, 5.74) is 0.752. The Morgan fingerprint density at radius 3 is 2.48 bits per heavy atom. The molecule has 0 bridgehead atoms. The zero-order chi connectivity index (χ0) is 18.4. The maximum Gasteiger partial charge on any atom is 0.233 e. The van der Waals surface area contributed by atoms with Crippen LogP contribution in [0.25, 0.3) is 0 Å². The Morgan fingerprint density at radius 1 is 1.16 bits per heavy atom. The lowest BCUT2D eigenvalue weighted by molar-refractivity contribution is -0.118. The monoisotopic (exact) mass is 366 g/mol. The lowest BCUT2D eigenvalue weighted by Crippen LogP contribution is -2.29. The molecule has 25 heavy (non-hydrogen) atoms. The number of nitrogens with one attached hydrogen (secondary N) is 2. The number of halogens is 1. The first-order valence-corrected chi connectivity index (χ1v) is 9.15. The smallest absolute Gasteiger partial charge is 0.233 e. The Labute approximate surface area is 146 Å². The molecule has 1 amide bonds. The van der Waals surface area contributed by atoms with Crippen molar-refractivity contribution in [3.05, 3.63) is 54.3 Å². The molecule has 2 rings (SSSR count). The quantitative estimate of drug-likeness (QED) is 0.789. The average molecular weight is 366 g/mol. The largest absolute Gasteiger partial charge is 0.497 e. The second kappa shape index (κ2) is 7.98. The van der Waals surface area contributed by atoms with Crippen LogP contribution in [0.4, 0.5) is 15.8 Å². The summed E-state index contributed by atoms with van der Waals surface area (Å²) in [6.07, 6.45) is 0. The minimum absolute atomic E-state index is 0.352. The third-order valence-electron chi connectivity index (χ3n) is 3.37. The molecule has 6 nitrogen and oxygen atoms in total. The molecule has 0 radical (unpaired) electrons. The van der Waals surface area contributed by atoms with Crippen molar-refractivity contribution in [3.8, 4) is 5.75 Å². The summed E-state index contributed by atoms with van der Waals surface area (Å²) in [6.45, 7) is 1.50. The van der Waals surface area contributed by atoms with Crippen LogP contribution in [0.5, 0.6) is 5.75 Å². The van der Waals surface area contributed by atoms with Gasteiger partial charge in [0.2, 0.25) is 15.9 Å². The minimum Gasteiger partial charge on any atom is -0.497 e. The van der Waals surface area contributed by atoms with Gasteiger partial charge >= 0.3 is 0 Å². The fourth-order valence-corrected chi connectivity index (χ4v) is 3.49. The fourth-order valence-electron chi connectivity index (χ4n) is 2.11. The highest BCUT2D eigenvalue weighted by Crippen LogP contribution is 2.19. The lowest BCUT2D eigenvalue weighted by Gasteiger charge is -2.14. The molecule has 134 valence electrons. The van der Waals surface area contributed by atoms with Crippen molar-refractivity contribution in [3.63, 3.8) is 0 Å². The van der Waals surface area contributed by atoms with Crippen LogP contribution in [0.15, 0.2) is 48.5 Å². The molecule has 8 heteroatoms. The Balaban J connectivity index is 1.98. The number of sulfonamides is 1. The topological polar surface area (TPSA) is 84.5 Å². The average Bonchev–Trinajstić information content (AvgIpc) is 2.56. The number of anilines is 2. The molecule has 0 aliphatic heterocycles. The SMILES string of the molecule is COc1cccc(NS(=O)(=O)CC(C)C(=O)Nc2ccc(F)cc2)c1. The molecule has 1 unspecified atom stereocenters. The van der Waals surface area contributed by atoms with E-state index in [0.29, 0.717) is 17.1 Å². The number of carbonyl (C=O) groups is 1. The summed E-state index contributed by atoms with van der Waals surface area (Å²) >= 11 is 0. The van der Waals surface area contributed by atoms with E-state index in [1.165, 1.54) is 38.3 Å². The van der Waals surface area contributed by atoms with Crippen molar-refractivity contribution in [2.45, 2.75) is 6.92 Å². The molecule has 0 spiro atoms. The van der Waals surface area contributed by atoms with Gasteiger partial charge < -0.3 is 10.1 Å². The molecular weight excluding hydrogens is 347 g/mol. The van der Waals surface area contributed by atoms with Gasteiger partial charge in [0, 0.05) is 11.8 Å². The summed E-state index contributed by atoms with van der Waals surface area (Å²) in [5, 5.41) is 2.56. The van der Waals surface area contributed by atoms with Gasteiger partial charge in [0.25, 0.3) is 0 Å². The predicted octanol–water partition coefficient (Wildman–Crippen LogP) is 2.85. The zero-order valence-corrected chi connectivity index (χ0v) is 14.6. The van der Waals surface area contributed by atoms with Gasteiger partial charge in [-0.1, -0.05) is 13.0 Å². The third-order valence-corrected chi connectivity index (χ3v) is 4.86. The summed E-state index contributed by atoms with van der Waals surface area (Å²) in [4.78, 5) is 12.1. The molecule has 2 N–H and O–H groups in total. The Hall–Kier alpha value is -2.61. The second-order valence-corrected chi connectivity index (χ2v) is 7.28. The number of rotatable bonds is 7. The highest BCUT2D eigenvalue weighted by atomic mass is 32.2. The number of amides is 1. The highest BCUT2D eigenvalue weighted by molar-refractivity contribution is 7.92. The van der Waals surface area contributed by atoms with Crippen molar-refractivity contribution in [2.24, 2.45) is 5.92 Å². The molecule has 0 aromatic heterocycles. The predicted molar refractivity (Wildman–Crippen MR) is 94.6 cm³/mol. The van der Waals surface area contributed by atoms with Gasteiger partial charge in [-0.2, -0.15) is 0 Å². The van der Waals surface area contributed by atoms with Crippen LogP contribution in [0.2, 0.25) is 0 Å². The van der Waals surface area contributed by atoms with Gasteiger partial charge in [-0.3, -0.25) is 9.52 Å². The van der Waals surface area contributed by atoms with Crippen molar-refractivity contribution in [2.75, 3.05) is 22.9 Å². The van der Waals surface area contributed by atoms with Crippen LogP contribution in [0, 0.1) is 11.7 Å². The van der Waals surface area contributed by atoms with E-state index in [2.05, 4.69) is 10.0 Å². The van der Waals surface area contributed by atoms with Crippen LogP contribution in [-0.2, 0) is 14.8 Å². The van der Waals surface area contributed by atoms with E-state index in [1.54, 1.807) is 24.3 Å². The summed E-state index contributed by atoms with van der Waals surface area (Å²) in [7, 11) is -2.25. The van der Waals surface area contributed by atoms with Gasteiger partial charge in [-0.25, -0.2) is 12.8 Å². The van der Waals surface area contributed by atoms with Crippen molar-refractivity contribution in [1.82, 2.24) is 0 Å². The van der Waals surface area contributed by atoms with Gasteiger partial charge in [-0.05, 0) is 36.4 Å². The summed E-state index contributed by atoms with van der Waals surface area (Å²) in [6, 6.07) is 11.7. The Morgan fingerprint density at radius 2 is 1.84 bits per heavy atom. The van der Waals surface area contributed by atoms with E-state index < -0.39 is 33.4 Å². The second-order valence-electron chi connectivity index (χ2n) is 5.51. The van der Waals surface area contributed by atoms with Gasteiger partial charge in [0.15, 0.2) is 0 Å². The molecular formula is C17H19FN2O4S. The number of benzene rings is 2. The van der Waals surface area contributed by atoms with Gasteiger partial charge in [-0.15, -0.1) is 0 Å². The molecule has 1 atom stereocenters. The van der Waals surface area contributed by atoms with Crippen LogP contribution < -0.4 is 14.8 Å². The first-order chi connectivity index (χ1) is 11.8. The molecule has 2 aromatic rings. The van der Waals surface area contributed by atoms with Crippen LogP contribution >= 0.6 is 0 Å². The van der Waals surface area contributed by atoms with Crippen molar-refractivity contribution >= 4 is 27.3 Å². The number of ether oxygens (including phenoxy) is 1. The minimum atomic E-state index is -3.73. The normalized spacial score (nSPS) is 12.3. The van der Waals surface area contributed by atoms with Gasteiger partial charge in [0.05, 0.1) is 24.5 Å². The molecule has 0 saturated heterocycles. The van der Waals surface area contributed by atoms with Crippen molar-refractivity contribution in [1.29, 1.82) is 0 Å². The molecule has 0 fully saturated rings. The first-order valence-electron chi connectivity index (χ1n) is 7.50. The van der Waals surface area contributed by atoms with Crippen LogP contribution in [0.1, 0.15) is 6.92 Å². The first kappa shape index (κ1) is 18.7. The van der Waals surface area contributed by atoms with E-state index in [0.717, 1.165) is 0 Å². The standard InChI is InChI=1S/C17H19FN2O4S/c1-12(17(21)19-14-8-6-13(18)7-9-14)11-25(22,23)20-15-4-3-5-16(10-15)24-2/h3-10,12,20H,11H2,1-2H3,(H,19,21). The highest BCUT2D eigenvalue weighted by Gasteiger charge is 2.22.